The normalized spacial score (nSPS) is 10.8. The van der Waals surface area contributed by atoms with Crippen LogP contribution in [0.3, 0.4) is 0 Å². The Kier molecular flexibility index (Phi) is 6.93. The highest BCUT2D eigenvalue weighted by Crippen LogP contribution is 2.29. The number of anilines is 1. The van der Waals surface area contributed by atoms with Gasteiger partial charge in [-0.2, -0.15) is 5.26 Å². The molecular weight excluding hydrogens is 424 g/mol. The number of aromatic nitrogens is 2. The van der Waals surface area contributed by atoms with Crippen LogP contribution in [-0.4, -0.2) is 24.2 Å². The molecule has 0 atom stereocenters. The molecule has 0 aliphatic rings. The van der Waals surface area contributed by atoms with Crippen molar-refractivity contribution in [3.8, 4) is 17.7 Å². The van der Waals surface area contributed by atoms with Crippen molar-refractivity contribution in [3.05, 3.63) is 88.6 Å². The van der Waals surface area contributed by atoms with Gasteiger partial charge < -0.3 is 14.8 Å². The van der Waals surface area contributed by atoms with Gasteiger partial charge >= 0.3 is 0 Å². The summed E-state index contributed by atoms with van der Waals surface area (Å²) in [6.07, 6.45) is 2.13. The van der Waals surface area contributed by atoms with E-state index in [1.165, 1.54) is 18.2 Å². The fourth-order valence-electron chi connectivity index (χ4n) is 3.90. The minimum Gasteiger partial charge on any atom is -0.495 e. The van der Waals surface area contributed by atoms with Gasteiger partial charge in [0, 0.05) is 6.54 Å². The molecule has 0 radical (unpaired) electrons. The monoisotopic (exact) mass is 452 g/mol. The summed E-state index contributed by atoms with van der Waals surface area (Å²) in [4.78, 5) is 8.78. The summed E-state index contributed by atoms with van der Waals surface area (Å²) in [5, 5.41) is 13.3. The van der Waals surface area contributed by atoms with E-state index >= 15 is 0 Å². The summed E-state index contributed by atoms with van der Waals surface area (Å²) in [6.45, 7) is 5.10. The maximum atomic E-state index is 9.84. The predicted molar refractivity (Wildman–Crippen MR) is 134 cm³/mol. The first-order valence-electron chi connectivity index (χ1n) is 11.2. The van der Waals surface area contributed by atoms with E-state index < -0.39 is 0 Å². The molecule has 4 aromatic rings. The van der Waals surface area contributed by atoms with Crippen molar-refractivity contribution in [2.45, 2.75) is 32.7 Å². The van der Waals surface area contributed by atoms with E-state index in [1.54, 1.807) is 13.3 Å². The molecule has 0 unspecified atom stereocenters. The maximum absolute atomic E-state index is 9.84. The Balaban J connectivity index is 1.55. The van der Waals surface area contributed by atoms with Crippen LogP contribution in [0.15, 0.2) is 60.8 Å². The van der Waals surface area contributed by atoms with E-state index in [9.17, 15) is 5.26 Å². The summed E-state index contributed by atoms with van der Waals surface area (Å²) in [6, 6.07) is 20.9. The molecule has 4 rings (SSSR count). The zero-order valence-electron chi connectivity index (χ0n) is 19.9. The molecule has 34 heavy (non-hydrogen) atoms. The largest absolute Gasteiger partial charge is 0.495 e. The lowest BCUT2D eigenvalue weighted by Gasteiger charge is -2.14. The number of nitrogens with zero attached hydrogens (tertiary/aromatic N) is 3. The van der Waals surface area contributed by atoms with E-state index in [4.69, 9.17) is 9.47 Å². The molecule has 3 aromatic carbocycles. The van der Waals surface area contributed by atoms with Crippen LogP contribution in [0, 0.1) is 11.3 Å². The van der Waals surface area contributed by atoms with Crippen LogP contribution in [0.5, 0.6) is 11.6 Å². The summed E-state index contributed by atoms with van der Waals surface area (Å²) in [5.41, 5.74) is 7.11. The number of hydrogen-bond donors (Lipinski definition) is 1. The Morgan fingerprint density at radius 3 is 2.41 bits per heavy atom. The summed E-state index contributed by atoms with van der Waals surface area (Å²) in [5.74, 6) is 1.67. The third-order valence-electron chi connectivity index (χ3n) is 5.89. The lowest BCUT2D eigenvalue weighted by atomic mass is 9.98. The van der Waals surface area contributed by atoms with Crippen LogP contribution in [0.1, 0.15) is 47.6 Å². The van der Waals surface area contributed by atoms with Crippen LogP contribution in [-0.2, 0) is 13.0 Å². The zero-order valence-corrected chi connectivity index (χ0v) is 19.9. The van der Waals surface area contributed by atoms with E-state index in [2.05, 4.69) is 65.5 Å². The van der Waals surface area contributed by atoms with Crippen molar-refractivity contribution < 1.29 is 9.47 Å². The van der Waals surface area contributed by atoms with Crippen LogP contribution in [0.2, 0.25) is 0 Å². The second-order valence-corrected chi connectivity index (χ2v) is 8.45. The highest BCUT2D eigenvalue weighted by molar-refractivity contribution is 5.82. The van der Waals surface area contributed by atoms with Crippen molar-refractivity contribution in [1.29, 1.82) is 5.26 Å². The molecule has 1 heterocycles. The molecule has 1 aromatic heterocycles. The molecule has 6 heteroatoms. The van der Waals surface area contributed by atoms with Gasteiger partial charge in [-0.1, -0.05) is 50.2 Å². The fraction of sp³-hybridized carbons (Fsp3) is 0.250. The highest BCUT2D eigenvalue weighted by Gasteiger charge is 2.13. The Bertz CT molecular complexity index is 1340. The summed E-state index contributed by atoms with van der Waals surface area (Å²) in [7, 11) is 3.20. The molecular formula is C28H28N4O2. The van der Waals surface area contributed by atoms with Gasteiger partial charge in [-0.05, 0) is 52.8 Å². The van der Waals surface area contributed by atoms with Crippen molar-refractivity contribution in [1.82, 2.24) is 9.97 Å². The van der Waals surface area contributed by atoms with Crippen LogP contribution in [0.4, 0.5) is 5.69 Å². The molecule has 0 aliphatic heterocycles. The first kappa shape index (κ1) is 23.1. The molecule has 6 nitrogen and oxygen atoms in total. The van der Waals surface area contributed by atoms with Crippen LogP contribution >= 0.6 is 0 Å². The molecule has 0 aliphatic carbocycles. The van der Waals surface area contributed by atoms with Gasteiger partial charge in [0.05, 0.1) is 37.2 Å². The molecule has 0 spiro atoms. The fourth-order valence-corrected chi connectivity index (χ4v) is 3.90. The molecule has 172 valence electrons. The topological polar surface area (TPSA) is 80.1 Å². The van der Waals surface area contributed by atoms with E-state index in [-0.39, 0.29) is 0 Å². The minimum absolute atomic E-state index is 0.386. The van der Waals surface area contributed by atoms with Crippen molar-refractivity contribution in [2.75, 3.05) is 19.5 Å². The lowest BCUT2D eigenvalue weighted by Crippen LogP contribution is -2.03. The van der Waals surface area contributed by atoms with Gasteiger partial charge in [-0.15, -0.1) is 0 Å². The Hall–Kier alpha value is -4.11. The predicted octanol–water partition coefficient (Wildman–Crippen LogP) is 5.84. The van der Waals surface area contributed by atoms with Gasteiger partial charge in [0.1, 0.15) is 17.3 Å². The quantitative estimate of drug-likeness (QED) is 0.361. The Morgan fingerprint density at radius 1 is 0.971 bits per heavy atom. The molecule has 0 saturated heterocycles. The minimum atomic E-state index is 0.386. The number of nitriles is 1. The first-order chi connectivity index (χ1) is 16.5. The Labute approximate surface area is 200 Å². The number of rotatable bonds is 8. The standard InChI is InChI=1S/C28H28N4O2/c1-18(2)21-8-5-19(6-9-21)16-30-24-11-7-20(14-26(24)33-3)13-22-10-12-25-28(23(22)15-29)32-27(34-4)17-31-25/h5-12,14,17-18,30H,13,16H2,1-4H3. The molecule has 0 fully saturated rings. The maximum Gasteiger partial charge on any atom is 0.232 e. The SMILES string of the molecule is COc1cnc2ccc(Cc3ccc(NCc4ccc(C(C)C)cc4)c(OC)c3)c(C#N)c2n1. The average molecular weight is 453 g/mol. The number of benzene rings is 3. The van der Waals surface area contributed by atoms with Crippen molar-refractivity contribution in [3.63, 3.8) is 0 Å². The van der Waals surface area contributed by atoms with Gasteiger partial charge in [-0.3, -0.25) is 0 Å². The summed E-state index contributed by atoms with van der Waals surface area (Å²) < 4.78 is 10.8. The number of ether oxygens (including phenoxy) is 2. The van der Waals surface area contributed by atoms with Gasteiger partial charge in [0.15, 0.2) is 0 Å². The Morgan fingerprint density at radius 2 is 1.74 bits per heavy atom. The molecule has 0 bridgehead atoms. The van der Waals surface area contributed by atoms with Crippen LogP contribution in [0.25, 0.3) is 11.0 Å². The average Bonchev–Trinajstić information content (AvgIpc) is 2.87. The zero-order chi connectivity index (χ0) is 24.1. The number of hydrogen-bond acceptors (Lipinski definition) is 6. The van der Waals surface area contributed by atoms with Gasteiger partial charge in [0.25, 0.3) is 0 Å². The second-order valence-electron chi connectivity index (χ2n) is 8.45. The summed E-state index contributed by atoms with van der Waals surface area (Å²) >= 11 is 0. The van der Waals surface area contributed by atoms with Crippen LogP contribution < -0.4 is 14.8 Å². The molecule has 0 amide bonds. The van der Waals surface area contributed by atoms with E-state index in [0.29, 0.717) is 41.4 Å². The lowest BCUT2D eigenvalue weighted by molar-refractivity contribution is 0.397. The highest BCUT2D eigenvalue weighted by atomic mass is 16.5. The molecule has 1 N–H and O–H groups in total. The van der Waals surface area contributed by atoms with E-state index in [1.807, 2.05) is 24.3 Å². The number of fused-ring (bicyclic) bond motifs is 1. The molecule has 0 saturated carbocycles. The van der Waals surface area contributed by atoms with Gasteiger partial charge in [0.2, 0.25) is 5.88 Å². The number of methoxy groups -OCH3 is 2. The van der Waals surface area contributed by atoms with Crippen molar-refractivity contribution >= 4 is 16.7 Å². The van der Waals surface area contributed by atoms with Crippen molar-refractivity contribution in [2.24, 2.45) is 0 Å². The first-order valence-corrected chi connectivity index (χ1v) is 11.2. The van der Waals surface area contributed by atoms with E-state index in [0.717, 1.165) is 22.6 Å². The third kappa shape index (κ3) is 4.94. The third-order valence-corrected chi connectivity index (χ3v) is 5.89. The number of nitrogens with one attached hydrogen (secondary N) is 1. The van der Waals surface area contributed by atoms with Gasteiger partial charge in [-0.25, -0.2) is 9.97 Å². The second kappa shape index (κ2) is 10.2. The smallest absolute Gasteiger partial charge is 0.232 e.